The van der Waals surface area contributed by atoms with Crippen LogP contribution in [0.2, 0.25) is 0 Å². The van der Waals surface area contributed by atoms with Gasteiger partial charge >= 0.3 is 0 Å². The molecule has 150 valence electrons. The molecule has 1 saturated carbocycles. The van der Waals surface area contributed by atoms with Crippen LogP contribution in [0.4, 0.5) is 0 Å². The number of hydrogen-bond acceptors (Lipinski definition) is 4. The minimum Gasteiger partial charge on any atom is -0.493 e. The Morgan fingerprint density at radius 1 is 1.26 bits per heavy atom. The maximum absolute atomic E-state index is 11.9. The number of ether oxygens (including phenoxy) is 2. The van der Waals surface area contributed by atoms with Crippen LogP contribution in [-0.2, 0) is 4.79 Å². The van der Waals surface area contributed by atoms with E-state index in [0.717, 1.165) is 12.8 Å². The van der Waals surface area contributed by atoms with Crippen molar-refractivity contribution in [2.45, 2.75) is 44.8 Å². The molecule has 7 heteroatoms. The number of hydrogen-bond donors (Lipinski definition) is 2. The molecule has 0 aliphatic heterocycles. The molecule has 1 aliphatic carbocycles. The number of likely N-dealkylation sites (N-methyl/N-ethyl adjacent to an activating group) is 1. The Bertz CT molecular complexity index is 627. The number of para-hydroxylation sites is 2. The first kappa shape index (κ1) is 20.9. The normalized spacial score (nSPS) is 15.9. The zero-order valence-electron chi connectivity index (χ0n) is 16.8. The van der Waals surface area contributed by atoms with Crippen LogP contribution in [0.15, 0.2) is 29.3 Å². The minimum atomic E-state index is -0.0959. The summed E-state index contributed by atoms with van der Waals surface area (Å²) >= 11 is 0. The number of methoxy groups -OCH3 is 1. The smallest absolute Gasteiger partial charge is 0.243 e. The molecule has 1 fully saturated rings. The van der Waals surface area contributed by atoms with Gasteiger partial charge in [0.05, 0.1) is 13.7 Å². The summed E-state index contributed by atoms with van der Waals surface area (Å²) in [5, 5.41) is 6.74. The van der Waals surface area contributed by atoms with Crippen molar-refractivity contribution < 1.29 is 14.3 Å². The molecule has 1 aromatic carbocycles. The molecule has 0 spiro atoms. The van der Waals surface area contributed by atoms with Crippen molar-refractivity contribution >= 4 is 11.9 Å². The first-order chi connectivity index (χ1) is 13.0. The summed E-state index contributed by atoms with van der Waals surface area (Å²) in [5.74, 6) is 2.05. The molecule has 0 aromatic heterocycles. The van der Waals surface area contributed by atoms with Crippen LogP contribution in [0.1, 0.15) is 32.6 Å². The molecule has 0 heterocycles. The van der Waals surface area contributed by atoms with Gasteiger partial charge in [-0.05, 0) is 31.9 Å². The molecule has 0 saturated heterocycles. The van der Waals surface area contributed by atoms with E-state index in [9.17, 15) is 4.79 Å². The van der Waals surface area contributed by atoms with Gasteiger partial charge in [-0.2, -0.15) is 0 Å². The fourth-order valence-corrected chi connectivity index (χ4v) is 2.92. The SMILES string of the molecule is COc1ccccc1OC(C)CNC(=NCC(=O)N(C)C)NC1CCCC1. The molecule has 27 heavy (non-hydrogen) atoms. The Balaban J connectivity index is 1.92. The molecule has 7 nitrogen and oxygen atoms in total. The number of amides is 1. The van der Waals surface area contributed by atoms with Crippen LogP contribution < -0.4 is 20.1 Å². The number of carbonyl (C=O) groups is 1. The van der Waals surface area contributed by atoms with E-state index < -0.39 is 0 Å². The van der Waals surface area contributed by atoms with Gasteiger partial charge in [-0.15, -0.1) is 0 Å². The van der Waals surface area contributed by atoms with E-state index in [0.29, 0.717) is 30.0 Å². The van der Waals surface area contributed by atoms with Gasteiger partial charge in [-0.1, -0.05) is 25.0 Å². The van der Waals surface area contributed by atoms with Crippen LogP contribution in [-0.4, -0.2) is 63.2 Å². The van der Waals surface area contributed by atoms with Gasteiger partial charge in [0.2, 0.25) is 5.91 Å². The standard InChI is InChI=1S/C20H32N4O3/c1-15(27-18-12-8-7-11-17(18)26-4)13-21-20(22-14-19(25)24(2)3)23-16-9-5-6-10-16/h7-8,11-12,15-16H,5-6,9-10,13-14H2,1-4H3,(H2,21,22,23). The Morgan fingerprint density at radius 3 is 2.56 bits per heavy atom. The molecule has 0 bridgehead atoms. The summed E-state index contributed by atoms with van der Waals surface area (Å²) in [6.45, 7) is 2.67. The topological polar surface area (TPSA) is 75.2 Å². The first-order valence-electron chi connectivity index (χ1n) is 9.54. The first-order valence-corrected chi connectivity index (χ1v) is 9.54. The number of guanidine groups is 1. The van der Waals surface area contributed by atoms with Crippen molar-refractivity contribution in [1.82, 2.24) is 15.5 Å². The zero-order valence-corrected chi connectivity index (χ0v) is 16.8. The van der Waals surface area contributed by atoms with Crippen molar-refractivity contribution in [1.29, 1.82) is 0 Å². The lowest BCUT2D eigenvalue weighted by Gasteiger charge is -2.21. The van der Waals surface area contributed by atoms with Crippen molar-refractivity contribution in [3.8, 4) is 11.5 Å². The van der Waals surface area contributed by atoms with Crippen molar-refractivity contribution in [3.63, 3.8) is 0 Å². The lowest BCUT2D eigenvalue weighted by Crippen LogP contribution is -2.46. The van der Waals surface area contributed by atoms with Gasteiger partial charge in [-0.25, -0.2) is 4.99 Å². The summed E-state index contributed by atoms with van der Waals surface area (Å²) in [6, 6.07) is 8.00. The Kier molecular flexibility index (Phi) is 8.23. The number of aliphatic imine (C=N–C) groups is 1. The van der Waals surface area contributed by atoms with Gasteiger partial charge in [0, 0.05) is 20.1 Å². The highest BCUT2D eigenvalue weighted by Gasteiger charge is 2.17. The molecule has 1 amide bonds. The van der Waals surface area contributed by atoms with E-state index in [1.54, 1.807) is 26.1 Å². The van der Waals surface area contributed by atoms with E-state index >= 15 is 0 Å². The van der Waals surface area contributed by atoms with Crippen molar-refractivity contribution in [2.24, 2.45) is 4.99 Å². The van der Waals surface area contributed by atoms with Crippen molar-refractivity contribution in [3.05, 3.63) is 24.3 Å². The third-order valence-electron chi connectivity index (χ3n) is 4.52. The average Bonchev–Trinajstić information content (AvgIpc) is 3.17. The lowest BCUT2D eigenvalue weighted by atomic mass is 10.2. The number of nitrogens with one attached hydrogen (secondary N) is 2. The van der Waals surface area contributed by atoms with Crippen LogP contribution in [0, 0.1) is 0 Å². The van der Waals surface area contributed by atoms with E-state index in [1.165, 1.54) is 12.8 Å². The van der Waals surface area contributed by atoms with Crippen LogP contribution in [0.5, 0.6) is 11.5 Å². The Hall–Kier alpha value is -2.44. The van der Waals surface area contributed by atoms with Gasteiger partial charge in [0.25, 0.3) is 0 Å². The second kappa shape index (κ2) is 10.6. The molecule has 1 aromatic rings. The van der Waals surface area contributed by atoms with Crippen LogP contribution >= 0.6 is 0 Å². The third kappa shape index (κ3) is 7.00. The number of carbonyl (C=O) groups excluding carboxylic acids is 1. The molecular weight excluding hydrogens is 344 g/mol. The second-order valence-corrected chi connectivity index (χ2v) is 7.04. The summed E-state index contributed by atoms with van der Waals surface area (Å²) in [7, 11) is 5.10. The molecule has 2 rings (SSSR count). The second-order valence-electron chi connectivity index (χ2n) is 7.04. The number of nitrogens with zero attached hydrogens (tertiary/aromatic N) is 2. The average molecular weight is 377 g/mol. The van der Waals surface area contributed by atoms with Gasteiger partial charge in [0.15, 0.2) is 17.5 Å². The van der Waals surface area contributed by atoms with E-state index in [1.807, 2.05) is 31.2 Å². The predicted octanol–water partition coefficient (Wildman–Crippen LogP) is 2.03. The fourth-order valence-electron chi connectivity index (χ4n) is 2.92. The predicted molar refractivity (Wildman–Crippen MR) is 107 cm³/mol. The molecule has 1 atom stereocenters. The number of benzene rings is 1. The molecule has 2 N–H and O–H groups in total. The van der Waals surface area contributed by atoms with E-state index in [4.69, 9.17) is 9.47 Å². The van der Waals surface area contributed by atoms with Crippen LogP contribution in [0.25, 0.3) is 0 Å². The molecule has 0 radical (unpaired) electrons. The van der Waals surface area contributed by atoms with Gasteiger partial charge < -0.3 is 25.0 Å². The summed E-state index contributed by atoms with van der Waals surface area (Å²) in [4.78, 5) is 17.8. The van der Waals surface area contributed by atoms with Gasteiger partial charge in [-0.3, -0.25) is 4.79 Å². The lowest BCUT2D eigenvalue weighted by molar-refractivity contribution is -0.127. The maximum Gasteiger partial charge on any atom is 0.243 e. The highest BCUT2D eigenvalue weighted by molar-refractivity contribution is 5.85. The Labute approximate surface area is 162 Å². The summed E-state index contributed by atoms with van der Waals surface area (Å²) in [5.41, 5.74) is 0. The van der Waals surface area contributed by atoms with Crippen molar-refractivity contribution in [2.75, 3.05) is 34.3 Å². The van der Waals surface area contributed by atoms with E-state index in [-0.39, 0.29) is 18.6 Å². The van der Waals surface area contributed by atoms with E-state index in [2.05, 4.69) is 15.6 Å². The molecular formula is C20H32N4O3. The molecule has 1 unspecified atom stereocenters. The monoisotopic (exact) mass is 376 g/mol. The largest absolute Gasteiger partial charge is 0.493 e. The summed E-state index contributed by atoms with van der Waals surface area (Å²) in [6.07, 6.45) is 4.64. The zero-order chi connectivity index (χ0) is 19.6. The Morgan fingerprint density at radius 2 is 1.93 bits per heavy atom. The summed E-state index contributed by atoms with van der Waals surface area (Å²) < 4.78 is 11.3. The highest BCUT2D eigenvalue weighted by Crippen LogP contribution is 2.26. The quantitative estimate of drug-likeness (QED) is 0.536. The molecule has 1 aliphatic rings. The van der Waals surface area contributed by atoms with Gasteiger partial charge in [0.1, 0.15) is 12.6 Å². The fraction of sp³-hybridized carbons (Fsp3) is 0.600. The highest BCUT2D eigenvalue weighted by atomic mass is 16.5. The van der Waals surface area contributed by atoms with Crippen LogP contribution in [0.3, 0.4) is 0 Å². The number of rotatable bonds is 8. The third-order valence-corrected chi connectivity index (χ3v) is 4.52. The minimum absolute atomic E-state index is 0.0270. The maximum atomic E-state index is 11.9.